The van der Waals surface area contributed by atoms with Crippen molar-refractivity contribution < 1.29 is 9.18 Å². The Morgan fingerprint density at radius 3 is 2.66 bits per heavy atom. The third kappa shape index (κ3) is 3.72. The molecule has 0 saturated heterocycles. The number of amides is 1. The summed E-state index contributed by atoms with van der Waals surface area (Å²) >= 11 is 1.28. The Kier molecular flexibility index (Phi) is 4.81. The molecule has 4 rings (SSSR count). The number of H-pyrrole nitrogens is 1. The molecule has 0 aliphatic heterocycles. The quantitative estimate of drug-likeness (QED) is 0.541. The van der Waals surface area contributed by atoms with Crippen LogP contribution in [-0.2, 0) is 11.3 Å². The van der Waals surface area contributed by atoms with E-state index in [0.29, 0.717) is 21.7 Å². The Bertz CT molecular complexity index is 1340. The smallest absolute Gasteiger partial charge is 0.300 e. The summed E-state index contributed by atoms with van der Waals surface area (Å²) in [6.45, 7) is 1.58. The summed E-state index contributed by atoms with van der Waals surface area (Å²) in [5, 5.41) is 3.37. The monoisotopic (exact) mass is 410 g/mol. The van der Waals surface area contributed by atoms with Gasteiger partial charge >= 0.3 is 5.69 Å². The number of hydrogen-bond donors (Lipinski definition) is 2. The second kappa shape index (κ2) is 7.44. The molecule has 0 unspecified atom stereocenters. The third-order valence-electron chi connectivity index (χ3n) is 4.37. The van der Waals surface area contributed by atoms with Gasteiger partial charge < -0.3 is 5.32 Å². The predicted octanol–water partition coefficient (Wildman–Crippen LogP) is 2.90. The fourth-order valence-electron chi connectivity index (χ4n) is 3.03. The summed E-state index contributed by atoms with van der Waals surface area (Å²) in [5.41, 5.74) is 0.604. The molecular weight excluding hydrogens is 395 g/mol. The number of thiazole rings is 1. The van der Waals surface area contributed by atoms with Crippen molar-refractivity contribution in [2.45, 2.75) is 13.5 Å². The van der Waals surface area contributed by atoms with Crippen LogP contribution >= 0.6 is 11.3 Å². The van der Waals surface area contributed by atoms with Crippen molar-refractivity contribution in [3.8, 4) is 11.3 Å². The number of halogens is 1. The van der Waals surface area contributed by atoms with Crippen molar-refractivity contribution >= 4 is 33.3 Å². The number of benzene rings is 2. The second-order valence-corrected chi connectivity index (χ2v) is 7.54. The number of nitrogens with zero attached hydrogens (tertiary/aromatic N) is 2. The third-order valence-corrected chi connectivity index (χ3v) is 5.25. The van der Waals surface area contributed by atoms with E-state index >= 15 is 0 Å². The maximum absolute atomic E-state index is 13.1. The van der Waals surface area contributed by atoms with E-state index in [4.69, 9.17) is 0 Å². The van der Waals surface area contributed by atoms with Gasteiger partial charge in [0.15, 0.2) is 5.13 Å². The first-order chi connectivity index (χ1) is 13.9. The van der Waals surface area contributed by atoms with Crippen LogP contribution < -0.4 is 16.6 Å². The Hall–Kier alpha value is -3.59. The van der Waals surface area contributed by atoms with Gasteiger partial charge in [-0.3, -0.25) is 19.1 Å². The van der Waals surface area contributed by atoms with Crippen LogP contribution in [-0.4, -0.2) is 20.4 Å². The van der Waals surface area contributed by atoms with Crippen molar-refractivity contribution in [3.05, 3.63) is 80.1 Å². The largest absolute Gasteiger partial charge is 0.329 e. The molecule has 0 bridgehead atoms. The normalized spacial score (nSPS) is 11.0. The van der Waals surface area contributed by atoms with Gasteiger partial charge in [-0.05, 0) is 43.3 Å². The number of nitrogens with one attached hydrogen (secondary N) is 2. The minimum atomic E-state index is -0.661. The molecule has 9 heteroatoms. The van der Waals surface area contributed by atoms with E-state index in [-0.39, 0.29) is 12.4 Å². The molecule has 29 heavy (non-hydrogen) atoms. The molecule has 2 aromatic heterocycles. The topological polar surface area (TPSA) is 96.9 Å². The van der Waals surface area contributed by atoms with Crippen LogP contribution in [0.15, 0.2) is 58.1 Å². The predicted molar refractivity (Wildman–Crippen MR) is 110 cm³/mol. The van der Waals surface area contributed by atoms with Gasteiger partial charge in [0.05, 0.1) is 16.6 Å². The van der Waals surface area contributed by atoms with Crippen molar-refractivity contribution in [2.24, 2.45) is 0 Å². The summed E-state index contributed by atoms with van der Waals surface area (Å²) in [6, 6.07) is 12.5. The van der Waals surface area contributed by atoms with Crippen LogP contribution in [0.3, 0.4) is 0 Å². The van der Waals surface area contributed by atoms with E-state index in [1.54, 1.807) is 36.4 Å². The number of para-hydroxylation sites is 1. The van der Waals surface area contributed by atoms with Gasteiger partial charge in [-0.1, -0.05) is 12.1 Å². The molecule has 2 heterocycles. The number of anilines is 1. The molecule has 0 aliphatic rings. The van der Waals surface area contributed by atoms with Crippen molar-refractivity contribution in [1.29, 1.82) is 0 Å². The van der Waals surface area contributed by atoms with Gasteiger partial charge in [0, 0.05) is 10.4 Å². The van der Waals surface area contributed by atoms with Crippen molar-refractivity contribution in [2.75, 3.05) is 5.32 Å². The minimum absolute atomic E-state index is 0.277. The molecule has 7 nitrogen and oxygen atoms in total. The number of hydrogen-bond acceptors (Lipinski definition) is 5. The van der Waals surface area contributed by atoms with Gasteiger partial charge in [-0.25, -0.2) is 14.2 Å². The molecular formula is C20H15FN4O3S. The lowest BCUT2D eigenvalue weighted by Gasteiger charge is -2.08. The number of carbonyl (C=O) groups excluding carboxylic acids is 1. The van der Waals surface area contributed by atoms with Gasteiger partial charge in [-0.2, -0.15) is 0 Å². The van der Waals surface area contributed by atoms with Gasteiger partial charge in [-0.15, -0.1) is 11.3 Å². The van der Waals surface area contributed by atoms with E-state index in [9.17, 15) is 18.8 Å². The van der Waals surface area contributed by atoms with E-state index in [0.717, 1.165) is 10.4 Å². The Labute approximate surface area is 167 Å². The van der Waals surface area contributed by atoms with Crippen molar-refractivity contribution in [3.63, 3.8) is 0 Å². The molecule has 4 aromatic rings. The van der Waals surface area contributed by atoms with E-state index < -0.39 is 17.2 Å². The zero-order chi connectivity index (χ0) is 20.5. The average molecular weight is 410 g/mol. The lowest BCUT2D eigenvalue weighted by Crippen LogP contribution is -2.33. The number of rotatable bonds is 4. The summed E-state index contributed by atoms with van der Waals surface area (Å²) in [7, 11) is 0. The lowest BCUT2D eigenvalue weighted by atomic mass is 10.1. The highest BCUT2D eigenvalue weighted by Crippen LogP contribution is 2.30. The lowest BCUT2D eigenvalue weighted by molar-refractivity contribution is -0.116. The van der Waals surface area contributed by atoms with E-state index in [2.05, 4.69) is 15.3 Å². The molecule has 2 N–H and O–H groups in total. The number of aromatic amines is 1. The molecule has 0 fully saturated rings. The molecule has 1 amide bonds. The zero-order valence-corrected chi connectivity index (χ0v) is 16.0. The van der Waals surface area contributed by atoms with E-state index in [1.165, 1.54) is 28.0 Å². The number of carbonyl (C=O) groups is 1. The van der Waals surface area contributed by atoms with Crippen LogP contribution in [0, 0.1) is 12.7 Å². The summed E-state index contributed by atoms with van der Waals surface area (Å²) in [5.74, 6) is -0.794. The molecule has 0 atom stereocenters. The Morgan fingerprint density at radius 1 is 1.17 bits per heavy atom. The van der Waals surface area contributed by atoms with Gasteiger partial charge in [0.2, 0.25) is 5.91 Å². The number of fused-ring (bicyclic) bond motifs is 1. The average Bonchev–Trinajstić information content (AvgIpc) is 3.05. The second-order valence-electron chi connectivity index (χ2n) is 6.34. The van der Waals surface area contributed by atoms with Crippen LogP contribution in [0.25, 0.3) is 22.2 Å². The first kappa shape index (κ1) is 18.8. The van der Waals surface area contributed by atoms with Crippen LogP contribution in [0.5, 0.6) is 0 Å². The highest BCUT2D eigenvalue weighted by atomic mass is 32.1. The molecule has 0 aliphatic carbocycles. The van der Waals surface area contributed by atoms with Crippen LogP contribution in [0.2, 0.25) is 0 Å². The molecule has 0 spiro atoms. The zero-order valence-electron chi connectivity index (χ0n) is 15.2. The standard InChI is InChI=1S/C20H15FN4O3S/c1-11-17(12-6-8-13(21)9-7-12)23-19(29-11)22-16(26)10-25-15-5-3-2-4-14(15)18(27)24-20(25)28/h2-9H,10H2,1H3,(H,22,23,26)(H,24,27,28). The van der Waals surface area contributed by atoms with Crippen LogP contribution in [0.4, 0.5) is 9.52 Å². The first-order valence-corrected chi connectivity index (χ1v) is 9.49. The Balaban J connectivity index is 1.60. The van der Waals surface area contributed by atoms with Crippen molar-refractivity contribution in [1.82, 2.24) is 14.5 Å². The molecule has 0 radical (unpaired) electrons. The fourth-order valence-corrected chi connectivity index (χ4v) is 3.88. The fraction of sp³-hybridized carbons (Fsp3) is 0.100. The summed E-state index contributed by atoms with van der Waals surface area (Å²) in [6.07, 6.45) is 0. The maximum atomic E-state index is 13.1. The maximum Gasteiger partial charge on any atom is 0.329 e. The summed E-state index contributed by atoms with van der Waals surface area (Å²) < 4.78 is 14.3. The summed E-state index contributed by atoms with van der Waals surface area (Å²) in [4.78, 5) is 44.1. The highest BCUT2D eigenvalue weighted by molar-refractivity contribution is 7.16. The Morgan fingerprint density at radius 2 is 1.90 bits per heavy atom. The minimum Gasteiger partial charge on any atom is -0.300 e. The van der Waals surface area contributed by atoms with Gasteiger partial charge in [0.1, 0.15) is 12.4 Å². The highest BCUT2D eigenvalue weighted by Gasteiger charge is 2.15. The first-order valence-electron chi connectivity index (χ1n) is 8.67. The number of aromatic nitrogens is 3. The van der Waals surface area contributed by atoms with E-state index in [1.807, 2.05) is 6.92 Å². The SMILES string of the molecule is Cc1sc(NC(=O)Cn2c(=O)[nH]c(=O)c3ccccc32)nc1-c1ccc(F)cc1. The van der Waals surface area contributed by atoms with Crippen LogP contribution in [0.1, 0.15) is 4.88 Å². The molecule has 146 valence electrons. The van der Waals surface area contributed by atoms with Gasteiger partial charge in [0.25, 0.3) is 5.56 Å². The molecule has 0 saturated carbocycles. The number of aryl methyl sites for hydroxylation is 1. The molecule has 2 aromatic carbocycles.